The summed E-state index contributed by atoms with van der Waals surface area (Å²) in [5.74, 6) is -1.61. The quantitative estimate of drug-likeness (QED) is 0.187. The third-order valence-electron chi connectivity index (χ3n) is 7.33. The van der Waals surface area contributed by atoms with Crippen molar-refractivity contribution in [3.8, 4) is 23.0 Å². The van der Waals surface area contributed by atoms with Crippen LogP contribution in [-0.4, -0.2) is 51.7 Å². The van der Waals surface area contributed by atoms with Gasteiger partial charge in [0.1, 0.15) is 17.4 Å². The van der Waals surface area contributed by atoms with Crippen LogP contribution in [0.15, 0.2) is 65.7 Å². The molecule has 0 atom stereocenters. The summed E-state index contributed by atoms with van der Waals surface area (Å²) < 4.78 is 87.6. The second-order valence-electron chi connectivity index (χ2n) is 10.5. The van der Waals surface area contributed by atoms with Crippen molar-refractivity contribution in [1.82, 2.24) is 9.88 Å². The lowest BCUT2D eigenvalue weighted by Crippen LogP contribution is -2.34. The number of benzene rings is 3. The Morgan fingerprint density at radius 2 is 1.67 bits per heavy atom. The molecule has 3 aromatic carbocycles. The van der Waals surface area contributed by atoms with E-state index in [1.807, 2.05) is 4.72 Å². The molecule has 1 fully saturated rings. The van der Waals surface area contributed by atoms with Crippen molar-refractivity contribution in [1.29, 1.82) is 0 Å². The SMILES string of the molecule is COc1cc2c(Oc3ccc(NS(=O)(=O)c4c(F)cccc4F)cc3F)ccnc2cc1OCCCN1CCC(C)CC1. The fourth-order valence-electron chi connectivity index (χ4n) is 4.96. The molecule has 0 amide bonds. The molecule has 0 saturated carbocycles. The van der Waals surface area contributed by atoms with E-state index in [1.54, 1.807) is 18.2 Å². The van der Waals surface area contributed by atoms with Gasteiger partial charge in [-0.1, -0.05) is 13.0 Å². The number of aromatic nitrogens is 1. The zero-order valence-electron chi connectivity index (χ0n) is 23.8. The van der Waals surface area contributed by atoms with E-state index in [0.29, 0.717) is 29.0 Å². The minimum atomic E-state index is -4.66. The molecule has 4 aromatic rings. The van der Waals surface area contributed by atoms with Crippen molar-refractivity contribution >= 4 is 26.6 Å². The van der Waals surface area contributed by atoms with E-state index < -0.39 is 32.4 Å². The van der Waals surface area contributed by atoms with Crippen LogP contribution in [0.1, 0.15) is 26.2 Å². The Labute approximate surface area is 248 Å². The Morgan fingerprint density at radius 1 is 0.930 bits per heavy atom. The predicted molar refractivity (Wildman–Crippen MR) is 157 cm³/mol. The second kappa shape index (κ2) is 13.1. The summed E-state index contributed by atoms with van der Waals surface area (Å²) in [7, 11) is -3.14. The number of rotatable bonds is 11. The van der Waals surface area contributed by atoms with Crippen molar-refractivity contribution < 1.29 is 35.8 Å². The van der Waals surface area contributed by atoms with Gasteiger partial charge < -0.3 is 19.1 Å². The van der Waals surface area contributed by atoms with E-state index in [4.69, 9.17) is 14.2 Å². The smallest absolute Gasteiger partial charge is 0.267 e. The molecule has 1 aromatic heterocycles. The Hall–Kier alpha value is -4.03. The Bertz CT molecular complexity index is 1690. The van der Waals surface area contributed by atoms with Gasteiger partial charge in [-0.05, 0) is 74.7 Å². The molecule has 8 nitrogen and oxygen atoms in total. The average Bonchev–Trinajstić information content (AvgIpc) is 2.97. The van der Waals surface area contributed by atoms with Crippen molar-refractivity contribution in [2.24, 2.45) is 5.92 Å². The third kappa shape index (κ3) is 7.14. The Kier molecular flexibility index (Phi) is 9.26. The highest BCUT2D eigenvalue weighted by atomic mass is 32.2. The number of nitrogens with one attached hydrogen (secondary N) is 1. The zero-order chi connectivity index (χ0) is 30.6. The molecule has 0 unspecified atom stereocenters. The Morgan fingerprint density at radius 3 is 2.37 bits per heavy atom. The summed E-state index contributed by atoms with van der Waals surface area (Å²) in [5, 5.41) is 0.536. The van der Waals surface area contributed by atoms with Gasteiger partial charge in [-0.15, -0.1) is 0 Å². The molecule has 12 heteroatoms. The highest BCUT2D eigenvalue weighted by Gasteiger charge is 2.24. The van der Waals surface area contributed by atoms with Gasteiger partial charge in [-0.3, -0.25) is 9.71 Å². The number of pyridine rings is 1. The van der Waals surface area contributed by atoms with Crippen LogP contribution >= 0.6 is 0 Å². The molecule has 43 heavy (non-hydrogen) atoms. The maximum absolute atomic E-state index is 15.0. The van der Waals surface area contributed by atoms with Crippen LogP contribution in [0.4, 0.5) is 18.9 Å². The number of sulfonamides is 1. The minimum absolute atomic E-state index is 0.209. The van der Waals surface area contributed by atoms with Crippen molar-refractivity contribution in [3.05, 3.63) is 78.2 Å². The fraction of sp³-hybridized carbons (Fsp3) is 0.323. The highest BCUT2D eigenvalue weighted by molar-refractivity contribution is 7.92. The first-order chi connectivity index (χ1) is 20.6. The van der Waals surface area contributed by atoms with E-state index in [-0.39, 0.29) is 17.2 Å². The topological polar surface area (TPSA) is 90.0 Å². The van der Waals surface area contributed by atoms with Gasteiger partial charge in [0.05, 0.1) is 24.9 Å². The summed E-state index contributed by atoms with van der Waals surface area (Å²) >= 11 is 0. The van der Waals surface area contributed by atoms with E-state index in [2.05, 4.69) is 16.8 Å². The van der Waals surface area contributed by atoms with Crippen LogP contribution in [0.5, 0.6) is 23.0 Å². The van der Waals surface area contributed by atoms with E-state index in [0.717, 1.165) is 56.2 Å². The second-order valence-corrected chi connectivity index (χ2v) is 12.1. The number of fused-ring (bicyclic) bond motifs is 1. The van der Waals surface area contributed by atoms with Crippen LogP contribution < -0.4 is 18.9 Å². The first kappa shape index (κ1) is 30.4. The van der Waals surface area contributed by atoms with Gasteiger partial charge in [-0.2, -0.15) is 0 Å². The molecule has 0 aliphatic carbocycles. The number of ether oxygens (including phenoxy) is 3. The largest absolute Gasteiger partial charge is 0.493 e. The molecule has 1 aliphatic heterocycles. The maximum Gasteiger partial charge on any atom is 0.267 e. The number of nitrogens with zero attached hydrogens (tertiary/aromatic N) is 2. The lowest BCUT2D eigenvalue weighted by Gasteiger charge is -2.30. The van der Waals surface area contributed by atoms with Gasteiger partial charge in [0.2, 0.25) is 0 Å². The highest BCUT2D eigenvalue weighted by Crippen LogP contribution is 2.38. The summed E-state index contributed by atoms with van der Waals surface area (Å²) in [6, 6.07) is 10.9. The zero-order valence-corrected chi connectivity index (χ0v) is 24.6. The van der Waals surface area contributed by atoms with E-state index in [1.165, 1.54) is 38.3 Å². The standard InChI is InChI=1S/C31H32F3N3O5S/c1-20-10-14-37(15-11-20)13-4-16-41-30-19-26-22(18-29(30)40-2)27(9-12-35-26)42-28-8-7-21(17-25(28)34)36-43(38,39)31-23(32)5-3-6-24(31)33/h3,5-9,12,17-20,36H,4,10-11,13-16H2,1-2H3. The molecule has 1 aliphatic rings. The first-order valence-electron chi connectivity index (χ1n) is 13.9. The number of halogens is 3. The van der Waals surface area contributed by atoms with Gasteiger partial charge in [-0.25, -0.2) is 21.6 Å². The van der Waals surface area contributed by atoms with Gasteiger partial charge in [0.25, 0.3) is 10.0 Å². The molecule has 2 heterocycles. The average molecular weight is 616 g/mol. The van der Waals surface area contributed by atoms with Crippen molar-refractivity contribution in [2.45, 2.75) is 31.1 Å². The number of methoxy groups -OCH3 is 1. The molecule has 228 valence electrons. The molecule has 1 saturated heterocycles. The number of anilines is 1. The van der Waals surface area contributed by atoms with Crippen molar-refractivity contribution in [3.63, 3.8) is 0 Å². The van der Waals surface area contributed by atoms with Crippen LogP contribution in [0.3, 0.4) is 0 Å². The summed E-state index contributed by atoms with van der Waals surface area (Å²) in [6.07, 6.45) is 4.82. The monoisotopic (exact) mass is 615 g/mol. The van der Waals surface area contributed by atoms with Crippen LogP contribution in [0.25, 0.3) is 10.9 Å². The number of likely N-dealkylation sites (tertiary alicyclic amines) is 1. The lowest BCUT2D eigenvalue weighted by atomic mass is 9.99. The summed E-state index contributed by atoms with van der Waals surface area (Å²) in [5.41, 5.74) is 0.292. The van der Waals surface area contributed by atoms with Crippen LogP contribution in [0, 0.1) is 23.4 Å². The van der Waals surface area contributed by atoms with E-state index in [9.17, 15) is 17.2 Å². The first-order valence-corrected chi connectivity index (χ1v) is 15.4. The minimum Gasteiger partial charge on any atom is -0.493 e. The van der Waals surface area contributed by atoms with Crippen LogP contribution in [0.2, 0.25) is 0 Å². The third-order valence-corrected chi connectivity index (χ3v) is 8.76. The van der Waals surface area contributed by atoms with Crippen LogP contribution in [-0.2, 0) is 10.0 Å². The summed E-state index contributed by atoms with van der Waals surface area (Å²) in [4.78, 5) is 5.69. The summed E-state index contributed by atoms with van der Waals surface area (Å²) in [6.45, 7) is 5.98. The van der Waals surface area contributed by atoms with Gasteiger partial charge >= 0.3 is 0 Å². The van der Waals surface area contributed by atoms with Gasteiger partial charge in [0.15, 0.2) is 28.0 Å². The molecule has 0 radical (unpaired) electrons. The lowest BCUT2D eigenvalue weighted by molar-refractivity contribution is 0.176. The molecule has 0 spiro atoms. The number of hydrogen-bond acceptors (Lipinski definition) is 7. The molecule has 0 bridgehead atoms. The fourth-order valence-corrected chi connectivity index (χ4v) is 6.15. The molecular weight excluding hydrogens is 583 g/mol. The Balaban J connectivity index is 1.29. The molecule has 1 N–H and O–H groups in total. The van der Waals surface area contributed by atoms with Gasteiger partial charge in [0, 0.05) is 30.3 Å². The van der Waals surface area contributed by atoms with Crippen molar-refractivity contribution in [2.75, 3.05) is 38.1 Å². The maximum atomic E-state index is 15.0. The number of piperidine rings is 1. The molecule has 5 rings (SSSR count). The molecular formula is C31H32F3N3O5S. The normalized spacial score (nSPS) is 14.5. The van der Waals surface area contributed by atoms with E-state index >= 15 is 4.39 Å². The predicted octanol–water partition coefficient (Wildman–Crippen LogP) is 6.75. The number of hydrogen-bond donors (Lipinski definition) is 1.